The summed E-state index contributed by atoms with van der Waals surface area (Å²) in [5, 5.41) is 3.23. The minimum absolute atomic E-state index is 0.0397. The fourth-order valence-electron chi connectivity index (χ4n) is 4.41. The van der Waals surface area contributed by atoms with Gasteiger partial charge in [-0.25, -0.2) is 0 Å². The molecule has 1 aliphatic rings. The van der Waals surface area contributed by atoms with Gasteiger partial charge in [0.25, 0.3) is 5.91 Å². The molecular formula is C25H24N2O2. The number of amides is 1. The number of aryl methyl sites for hydroxylation is 1. The smallest absolute Gasteiger partial charge is 0.258 e. The van der Waals surface area contributed by atoms with Gasteiger partial charge in [0.15, 0.2) is 0 Å². The number of aromatic amines is 1. The first kappa shape index (κ1) is 17.8. The van der Waals surface area contributed by atoms with E-state index < -0.39 is 0 Å². The molecule has 4 heteroatoms. The summed E-state index contributed by atoms with van der Waals surface area (Å²) >= 11 is 0. The van der Waals surface area contributed by atoms with Crippen molar-refractivity contribution >= 4 is 27.6 Å². The van der Waals surface area contributed by atoms with Crippen molar-refractivity contribution in [2.24, 2.45) is 0 Å². The molecule has 2 heterocycles. The third-order valence-electron chi connectivity index (χ3n) is 5.82. The maximum atomic E-state index is 13.7. The Bertz CT molecular complexity index is 1240. The van der Waals surface area contributed by atoms with Gasteiger partial charge in [0.1, 0.15) is 5.75 Å². The molecule has 1 aliphatic heterocycles. The van der Waals surface area contributed by atoms with E-state index in [0.29, 0.717) is 31.0 Å². The third-order valence-corrected chi connectivity index (χ3v) is 5.82. The molecule has 4 nitrogen and oxygen atoms in total. The molecule has 146 valence electrons. The molecule has 0 spiro atoms. The van der Waals surface area contributed by atoms with Gasteiger partial charge in [-0.3, -0.25) is 4.79 Å². The van der Waals surface area contributed by atoms with Crippen molar-refractivity contribution < 1.29 is 9.53 Å². The largest absolute Gasteiger partial charge is 0.493 e. The van der Waals surface area contributed by atoms with Crippen molar-refractivity contribution in [3.63, 3.8) is 0 Å². The molecule has 29 heavy (non-hydrogen) atoms. The predicted octanol–water partition coefficient (Wildman–Crippen LogP) is 5.23. The lowest BCUT2D eigenvalue weighted by Gasteiger charge is -2.28. The first-order valence-electron chi connectivity index (χ1n) is 10.2. The number of aromatic nitrogens is 1. The summed E-state index contributed by atoms with van der Waals surface area (Å²) in [6.45, 7) is 5.91. The van der Waals surface area contributed by atoms with Crippen LogP contribution in [0.5, 0.6) is 5.75 Å². The summed E-state index contributed by atoms with van der Waals surface area (Å²) in [6, 6.07) is 18.4. The second-order valence-corrected chi connectivity index (χ2v) is 7.70. The molecule has 0 aliphatic carbocycles. The van der Waals surface area contributed by atoms with Crippen LogP contribution in [0, 0.1) is 6.92 Å². The van der Waals surface area contributed by atoms with Gasteiger partial charge in [-0.2, -0.15) is 0 Å². The van der Waals surface area contributed by atoms with Gasteiger partial charge in [-0.1, -0.05) is 42.0 Å². The van der Waals surface area contributed by atoms with Crippen molar-refractivity contribution in [1.29, 1.82) is 0 Å². The van der Waals surface area contributed by atoms with Crippen molar-refractivity contribution in [3.05, 3.63) is 77.0 Å². The number of H-pyrrole nitrogens is 1. The highest BCUT2D eigenvalue weighted by Crippen LogP contribution is 2.33. The molecular weight excluding hydrogens is 360 g/mol. The van der Waals surface area contributed by atoms with Crippen LogP contribution in [-0.2, 0) is 13.0 Å². The molecule has 0 fully saturated rings. The lowest BCUT2D eigenvalue weighted by Crippen LogP contribution is -2.36. The number of nitrogens with zero attached hydrogens (tertiary/aromatic N) is 1. The van der Waals surface area contributed by atoms with E-state index in [2.05, 4.69) is 30.1 Å². The Morgan fingerprint density at radius 3 is 2.83 bits per heavy atom. The van der Waals surface area contributed by atoms with Gasteiger partial charge >= 0.3 is 0 Å². The number of nitrogens with one attached hydrogen (secondary N) is 1. The highest BCUT2D eigenvalue weighted by molar-refractivity contribution is 6.09. The summed E-state index contributed by atoms with van der Waals surface area (Å²) in [5.74, 6) is 0.703. The SMILES string of the molecule is CCOc1ccc2ccccc2c1C(=O)N1CCc2[nH]c3ccc(C)cc3c2C1. The van der Waals surface area contributed by atoms with E-state index in [9.17, 15) is 4.79 Å². The van der Waals surface area contributed by atoms with E-state index >= 15 is 0 Å². The van der Waals surface area contributed by atoms with Crippen LogP contribution in [0.1, 0.15) is 34.1 Å². The van der Waals surface area contributed by atoms with Crippen LogP contribution in [0.4, 0.5) is 0 Å². The van der Waals surface area contributed by atoms with Crippen molar-refractivity contribution in [2.75, 3.05) is 13.2 Å². The molecule has 5 rings (SSSR count). The fourth-order valence-corrected chi connectivity index (χ4v) is 4.41. The topological polar surface area (TPSA) is 45.3 Å². The quantitative estimate of drug-likeness (QED) is 0.526. The highest BCUT2D eigenvalue weighted by Gasteiger charge is 2.27. The molecule has 0 unspecified atom stereocenters. The van der Waals surface area contributed by atoms with Gasteiger partial charge in [0.05, 0.1) is 12.2 Å². The molecule has 3 aromatic carbocycles. The van der Waals surface area contributed by atoms with Crippen LogP contribution in [-0.4, -0.2) is 28.9 Å². The van der Waals surface area contributed by atoms with Crippen molar-refractivity contribution in [3.8, 4) is 5.75 Å². The molecule has 1 amide bonds. The number of rotatable bonds is 3. The van der Waals surface area contributed by atoms with Crippen LogP contribution >= 0.6 is 0 Å². The zero-order valence-corrected chi connectivity index (χ0v) is 16.8. The molecule has 0 saturated carbocycles. The maximum absolute atomic E-state index is 13.7. The zero-order chi connectivity index (χ0) is 20.0. The van der Waals surface area contributed by atoms with Crippen molar-refractivity contribution in [2.45, 2.75) is 26.8 Å². The first-order valence-corrected chi connectivity index (χ1v) is 10.2. The summed E-state index contributed by atoms with van der Waals surface area (Å²) in [4.78, 5) is 19.2. The van der Waals surface area contributed by atoms with E-state index in [1.165, 1.54) is 22.2 Å². The highest BCUT2D eigenvalue weighted by atomic mass is 16.5. The van der Waals surface area contributed by atoms with Crippen LogP contribution in [0.25, 0.3) is 21.7 Å². The minimum atomic E-state index is 0.0397. The Hall–Kier alpha value is -3.27. The number of ether oxygens (including phenoxy) is 1. The van der Waals surface area contributed by atoms with E-state index in [1.807, 2.05) is 48.2 Å². The second-order valence-electron chi connectivity index (χ2n) is 7.70. The molecule has 0 atom stereocenters. The van der Waals surface area contributed by atoms with Gasteiger partial charge in [-0.15, -0.1) is 0 Å². The van der Waals surface area contributed by atoms with E-state index in [1.54, 1.807) is 0 Å². The fraction of sp³-hybridized carbons (Fsp3) is 0.240. The maximum Gasteiger partial charge on any atom is 0.258 e. The van der Waals surface area contributed by atoms with E-state index in [-0.39, 0.29) is 5.91 Å². The summed E-state index contributed by atoms with van der Waals surface area (Å²) < 4.78 is 5.84. The van der Waals surface area contributed by atoms with Gasteiger partial charge in [-0.05, 0) is 42.8 Å². The summed E-state index contributed by atoms with van der Waals surface area (Å²) in [5.41, 5.74) is 5.54. The predicted molar refractivity (Wildman–Crippen MR) is 117 cm³/mol. The zero-order valence-electron chi connectivity index (χ0n) is 16.8. The Morgan fingerprint density at radius 2 is 1.97 bits per heavy atom. The van der Waals surface area contributed by atoms with E-state index in [4.69, 9.17) is 4.74 Å². The molecule has 4 aromatic rings. The van der Waals surface area contributed by atoms with Crippen molar-refractivity contribution in [1.82, 2.24) is 9.88 Å². The number of carbonyl (C=O) groups is 1. The molecule has 0 radical (unpaired) electrons. The average Bonchev–Trinajstić information content (AvgIpc) is 3.10. The normalized spacial score (nSPS) is 13.7. The molecule has 0 bridgehead atoms. The van der Waals surface area contributed by atoms with Crippen LogP contribution < -0.4 is 4.74 Å². The van der Waals surface area contributed by atoms with Gasteiger partial charge in [0, 0.05) is 41.7 Å². The second kappa shape index (κ2) is 6.96. The number of fused-ring (bicyclic) bond motifs is 4. The number of hydrogen-bond donors (Lipinski definition) is 1. The number of carbonyl (C=O) groups excluding carboxylic acids is 1. The average molecular weight is 384 g/mol. The third kappa shape index (κ3) is 2.96. The van der Waals surface area contributed by atoms with Crippen LogP contribution in [0.3, 0.4) is 0 Å². The summed E-state index contributed by atoms with van der Waals surface area (Å²) in [6.07, 6.45) is 0.837. The number of hydrogen-bond acceptors (Lipinski definition) is 2. The lowest BCUT2D eigenvalue weighted by atomic mass is 9.99. The van der Waals surface area contributed by atoms with E-state index in [0.717, 1.165) is 22.7 Å². The first-order chi connectivity index (χ1) is 14.2. The van der Waals surface area contributed by atoms with Crippen LogP contribution in [0.2, 0.25) is 0 Å². The Balaban J connectivity index is 1.58. The monoisotopic (exact) mass is 384 g/mol. The Morgan fingerprint density at radius 1 is 1.10 bits per heavy atom. The summed E-state index contributed by atoms with van der Waals surface area (Å²) in [7, 11) is 0. The Kier molecular flexibility index (Phi) is 4.27. The Labute approximate surface area is 170 Å². The molecule has 1 aromatic heterocycles. The van der Waals surface area contributed by atoms with Crippen LogP contribution in [0.15, 0.2) is 54.6 Å². The molecule has 1 N–H and O–H groups in total. The number of benzene rings is 3. The standard InChI is InChI=1S/C25H24N2O2/c1-3-29-23-11-9-17-6-4-5-7-18(17)24(23)25(28)27-13-12-22-20(15-27)19-14-16(2)8-10-21(19)26-22/h4-11,14,26H,3,12-13,15H2,1-2H3. The lowest BCUT2D eigenvalue weighted by molar-refractivity contribution is 0.0733. The minimum Gasteiger partial charge on any atom is -0.493 e. The van der Waals surface area contributed by atoms with Gasteiger partial charge in [0.2, 0.25) is 0 Å². The van der Waals surface area contributed by atoms with Gasteiger partial charge < -0.3 is 14.6 Å². The molecule has 0 saturated heterocycles.